The fourth-order valence-corrected chi connectivity index (χ4v) is 0.269. The summed E-state index contributed by atoms with van der Waals surface area (Å²) in [4.78, 5) is 9.84. The summed E-state index contributed by atoms with van der Waals surface area (Å²) in [7, 11) is 0. The standard InChI is InChI=1S/C5H10O4/c1-5(2,3-6)9-4(7)8/h6H,3H2,1-2H3,(H,7,8). The van der Waals surface area contributed by atoms with Gasteiger partial charge in [0.1, 0.15) is 5.60 Å². The van der Waals surface area contributed by atoms with Crippen LogP contribution in [-0.2, 0) is 4.74 Å². The lowest BCUT2D eigenvalue weighted by Gasteiger charge is -2.19. The summed E-state index contributed by atoms with van der Waals surface area (Å²) in [6, 6.07) is 0. The molecule has 0 atom stereocenters. The Kier molecular flexibility index (Phi) is 2.45. The minimum Gasteiger partial charge on any atom is -0.450 e. The smallest absolute Gasteiger partial charge is 0.450 e. The Morgan fingerprint density at radius 3 is 2.22 bits per heavy atom. The summed E-state index contributed by atoms with van der Waals surface area (Å²) in [6.45, 7) is 2.67. The number of carbonyl (C=O) groups is 1. The minimum atomic E-state index is -1.37. The zero-order valence-electron chi connectivity index (χ0n) is 5.42. The lowest BCUT2D eigenvalue weighted by molar-refractivity contribution is -0.0284. The Balaban J connectivity index is 3.71. The van der Waals surface area contributed by atoms with E-state index in [9.17, 15) is 4.79 Å². The van der Waals surface area contributed by atoms with E-state index in [2.05, 4.69) is 4.74 Å². The van der Waals surface area contributed by atoms with Crippen LogP contribution in [-0.4, -0.2) is 28.6 Å². The van der Waals surface area contributed by atoms with E-state index in [1.54, 1.807) is 0 Å². The molecule has 0 unspecified atom stereocenters. The van der Waals surface area contributed by atoms with Crippen molar-refractivity contribution in [1.82, 2.24) is 0 Å². The highest BCUT2D eigenvalue weighted by Crippen LogP contribution is 2.06. The quantitative estimate of drug-likeness (QED) is 0.538. The van der Waals surface area contributed by atoms with Crippen molar-refractivity contribution in [1.29, 1.82) is 0 Å². The van der Waals surface area contributed by atoms with Crippen molar-refractivity contribution in [2.75, 3.05) is 6.61 Å². The molecule has 0 aromatic heterocycles. The van der Waals surface area contributed by atoms with Crippen molar-refractivity contribution in [3.8, 4) is 0 Å². The Labute approximate surface area is 53.1 Å². The van der Waals surface area contributed by atoms with Gasteiger partial charge in [0.25, 0.3) is 0 Å². The van der Waals surface area contributed by atoms with Crippen LogP contribution in [0.5, 0.6) is 0 Å². The Hall–Kier alpha value is -0.770. The molecular weight excluding hydrogens is 124 g/mol. The predicted octanol–water partition coefficient (Wildman–Crippen LogP) is 0.452. The van der Waals surface area contributed by atoms with Crippen LogP contribution >= 0.6 is 0 Å². The molecule has 0 heterocycles. The van der Waals surface area contributed by atoms with Crippen molar-refractivity contribution in [3.63, 3.8) is 0 Å². The van der Waals surface area contributed by atoms with Crippen molar-refractivity contribution in [2.45, 2.75) is 19.4 Å². The molecule has 0 spiro atoms. The molecule has 4 nitrogen and oxygen atoms in total. The predicted molar refractivity (Wildman–Crippen MR) is 30.3 cm³/mol. The molecule has 54 valence electrons. The first-order valence-corrected chi connectivity index (χ1v) is 2.51. The molecule has 0 rings (SSSR count). The van der Waals surface area contributed by atoms with Crippen molar-refractivity contribution in [3.05, 3.63) is 0 Å². The molecule has 2 N–H and O–H groups in total. The first-order valence-electron chi connectivity index (χ1n) is 2.51. The van der Waals surface area contributed by atoms with E-state index in [-0.39, 0.29) is 6.61 Å². The average Bonchev–Trinajstić information content (AvgIpc) is 1.63. The average molecular weight is 134 g/mol. The maximum Gasteiger partial charge on any atom is 0.506 e. The van der Waals surface area contributed by atoms with Gasteiger partial charge in [-0.15, -0.1) is 0 Å². The third-order valence-corrected chi connectivity index (χ3v) is 0.744. The molecule has 0 aliphatic heterocycles. The molecule has 0 bridgehead atoms. The fourth-order valence-electron chi connectivity index (χ4n) is 0.269. The largest absolute Gasteiger partial charge is 0.506 e. The minimum absolute atomic E-state index is 0.306. The third-order valence-electron chi connectivity index (χ3n) is 0.744. The van der Waals surface area contributed by atoms with Crippen LogP contribution in [0, 0.1) is 0 Å². The van der Waals surface area contributed by atoms with E-state index >= 15 is 0 Å². The lowest BCUT2D eigenvalue weighted by atomic mass is 10.2. The summed E-state index contributed by atoms with van der Waals surface area (Å²) >= 11 is 0. The van der Waals surface area contributed by atoms with Crippen LogP contribution < -0.4 is 0 Å². The van der Waals surface area contributed by atoms with Crippen LogP contribution in [0.1, 0.15) is 13.8 Å². The zero-order valence-corrected chi connectivity index (χ0v) is 5.42. The number of hydrogen-bond acceptors (Lipinski definition) is 3. The Morgan fingerprint density at radius 2 is 2.11 bits per heavy atom. The first-order chi connectivity index (χ1) is 3.98. The van der Waals surface area contributed by atoms with E-state index in [1.165, 1.54) is 13.8 Å². The van der Waals surface area contributed by atoms with E-state index in [0.29, 0.717) is 0 Å². The highest BCUT2D eigenvalue weighted by Gasteiger charge is 2.20. The molecule has 0 aromatic carbocycles. The summed E-state index contributed by atoms with van der Waals surface area (Å²) in [5.41, 5.74) is -0.980. The third kappa shape index (κ3) is 3.78. The molecular formula is C5H10O4. The van der Waals surface area contributed by atoms with Gasteiger partial charge in [0.15, 0.2) is 0 Å². The van der Waals surface area contributed by atoms with E-state index < -0.39 is 11.8 Å². The molecule has 4 heteroatoms. The number of aliphatic hydroxyl groups is 1. The monoisotopic (exact) mass is 134 g/mol. The molecule has 0 aromatic rings. The maximum atomic E-state index is 9.84. The van der Waals surface area contributed by atoms with E-state index in [4.69, 9.17) is 10.2 Å². The van der Waals surface area contributed by atoms with E-state index in [1.807, 2.05) is 0 Å². The number of carboxylic acid groups (broad SMARTS) is 1. The summed E-state index contributed by atoms with van der Waals surface area (Å²) in [6.07, 6.45) is -1.37. The molecule has 0 saturated carbocycles. The van der Waals surface area contributed by atoms with Gasteiger partial charge in [-0.1, -0.05) is 0 Å². The molecule has 0 amide bonds. The number of ether oxygens (including phenoxy) is 1. The van der Waals surface area contributed by atoms with Gasteiger partial charge in [-0.25, -0.2) is 4.79 Å². The Bertz CT molecular complexity index is 108. The molecule has 0 fully saturated rings. The summed E-state index contributed by atoms with van der Waals surface area (Å²) < 4.78 is 4.25. The van der Waals surface area contributed by atoms with Gasteiger partial charge in [0.2, 0.25) is 0 Å². The second-order valence-corrected chi connectivity index (χ2v) is 2.29. The zero-order chi connectivity index (χ0) is 7.49. The second kappa shape index (κ2) is 2.68. The van der Waals surface area contributed by atoms with Gasteiger partial charge < -0.3 is 14.9 Å². The topological polar surface area (TPSA) is 66.8 Å². The molecule has 0 aliphatic rings. The summed E-state index contributed by atoms with van der Waals surface area (Å²) in [5, 5.41) is 16.5. The SMILES string of the molecule is CC(C)(CO)OC(=O)O. The van der Waals surface area contributed by atoms with Gasteiger partial charge in [-0.05, 0) is 13.8 Å². The normalized spacial score (nSPS) is 11.0. The van der Waals surface area contributed by atoms with Crippen LogP contribution in [0.3, 0.4) is 0 Å². The van der Waals surface area contributed by atoms with Gasteiger partial charge in [0.05, 0.1) is 6.61 Å². The molecule has 0 saturated heterocycles. The van der Waals surface area contributed by atoms with Gasteiger partial charge in [-0.3, -0.25) is 0 Å². The van der Waals surface area contributed by atoms with Crippen LogP contribution in [0.25, 0.3) is 0 Å². The number of hydrogen-bond donors (Lipinski definition) is 2. The fraction of sp³-hybridized carbons (Fsp3) is 0.800. The van der Waals surface area contributed by atoms with Crippen LogP contribution in [0.2, 0.25) is 0 Å². The van der Waals surface area contributed by atoms with Crippen molar-refractivity contribution in [2.24, 2.45) is 0 Å². The lowest BCUT2D eigenvalue weighted by Crippen LogP contribution is -2.31. The summed E-state index contributed by atoms with van der Waals surface area (Å²) in [5.74, 6) is 0. The molecule has 9 heavy (non-hydrogen) atoms. The first kappa shape index (κ1) is 8.23. The molecule has 0 radical (unpaired) electrons. The van der Waals surface area contributed by atoms with Gasteiger partial charge in [-0.2, -0.15) is 0 Å². The van der Waals surface area contributed by atoms with Gasteiger partial charge >= 0.3 is 6.16 Å². The second-order valence-electron chi connectivity index (χ2n) is 2.29. The van der Waals surface area contributed by atoms with Gasteiger partial charge in [0, 0.05) is 0 Å². The molecule has 0 aliphatic carbocycles. The van der Waals surface area contributed by atoms with Crippen LogP contribution in [0.4, 0.5) is 4.79 Å². The number of rotatable bonds is 2. The highest BCUT2D eigenvalue weighted by atomic mass is 16.7. The van der Waals surface area contributed by atoms with Crippen molar-refractivity contribution >= 4 is 6.16 Å². The van der Waals surface area contributed by atoms with Crippen molar-refractivity contribution < 1.29 is 19.7 Å². The highest BCUT2D eigenvalue weighted by molar-refractivity contribution is 5.57. The maximum absolute atomic E-state index is 9.84. The van der Waals surface area contributed by atoms with E-state index in [0.717, 1.165) is 0 Å². The van der Waals surface area contributed by atoms with Crippen LogP contribution in [0.15, 0.2) is 0 Å². The Morgan fingerprint density at radius 1 is 1.67 bits per heavy atom. The number of aliphatic hydroxyl groups excluding tert-OH is 1.